The standard InChI is InChI=1S/C21H29FN2O4S/c1-29(26,27)23-9-7-19(8-10-23)28-20-13-17-5-6-18(14-20)24(17)21(25)12-15-3-2-4-16(22)11-15/h2-4,11,17-20H,5-10,12-14H2,1H3/t17-,18+,20?. The van der Waals surface area contributed by atoms with Crippen LogP contribution in [0.25, 0.3) is 0 Å². The summed E-state index contributed by atoms with van der Waals surface area (Å²) >= 11 is 0. The highest BCUT2D eigenvalue weighted by Crippen LogP contribution is 2.38. The predicted octanol–water partition coefficient (Wildman–Crippen LogP) is 2.33. The van der Waals surface area contributed by atoms with Crippen LogP contribution in [0.5, 0.6) is 0 Å². The Morgan fingerprint density at radius 1 is 1.10 bits per heavy atom. The third kappa shape index (κ3) is 4.81. The Balaban J connectivity index is 1.31. The first-order chi connectivity index (χ1) is 13.8. The molecule has 6 nitrogen and oxygen atoms in total. The molecule has 0 saturated carbocycles. The number of halogens is 1. The van der Waals surface area contributed by atoms with E-state index in [1.54, 1.807) is 12.1 Å². The van der Waals surface area contributed by atoms with Crippen LogP contribution in [0.2, 0.25) is 0 Å². The molecular formula is C21H29FN2O4S. The Labute approximate surface area is 172 Å². The topological polar surface area (TPSA) is 66.9 Å². The molecule has 0 N–H and O–H groups in total. The normalized spacial score (nSPS) is 28.6. The molecule has 160 valence electrons. The Morgan fingerprint density at radius 3 is 2.34 bits per heavy atom. The zero-order valence-electron chi connectivity index (χ0n) is 16.8. The van der Waals surface area contributed by atoms with E-state index in [0.29, 0.717) is 18.7 Å². The van der Waals surface area contributed by atoms with E-state index in [9.17, 15) is 17.6 Å². The van der Waals surface area contributed by atoms with Gasteiger partial charge in [0.2, 0.25) is 15.9 Å². The van der Waals surface area contributed by atoms with Gasteiger partial charge in [-0.25, -0.2) is 17.1 Å². The number of benzene rings is 1. The molecule has 8 heteroatoms. The summed E-state index contributed by atoms with van der Waals surface area (Å²) in [6, 6.07) is 6.63. The van der Waals surface area contributed by atoms with Gasteiger partial charge in [-0.15, -0.1) is 0 Å². The SMILES string of the molecule is CS(=O)(=O)N1CCC(OC2C[C@H]3CC[C@@H](C2)N3C(=O)Cc2cccc(F)c2)CC1. The molecule has 0 spiro atoms. The van der Waals surface area contributed by atoms with Crippen LogP contribution in [0, 0.1) is 5.82 Å². The summed E-state index contributed by atoms with van der Waals surface area (Å²) in [6.45, 7) is 1.03. The summed E-state index contributed by atoms with van der Waals surface area (Å²) in [7, 11) is -3.13. The van der Waals surface area contributed by atoms with Gasteiger partial charge < -0.3 is 9.64 Å². The fourth-order valence-corrected chi connectivity index (χ4v) is 6.00. The van der Waals surface area contributed by atoms with Gasteiger partial charge in [-0.2, -0.15) is 0 Å². The molecular weight excluding hydrogens is 395 g/mol. The van der Waals surface area contributed by atoms with Crippen molar-refractivity contribution in [1.29, 1.82) is 0 Å². The Hall–Kier alpha value is -1.51. The van der Waals surface area contributed by atoms with Crippen molar-refractivity contribution in [3.05, 3.63) is 35.6 Å². The summed E-state index contributed by atoms with van der Waals surface area (Å²) in [5.74, 6) is -0.240. The van der Waals surface area contributed by atoms with E-state index in [-0.39, 0.29) is 42.4 Å². The van der Waals surface area contributed by atoms with E-state index >= 15 is 0 Å². The molecule has 1 aromatic rings. The molecule has 3 heterocycles. The fraction of sp³-hybridized carbons (Fsp3) is 0.667. The number of sulfonamides is 1. The van der Waals surface area contributed by atoms with E-state index in [1.807, 2.05) is 4.90 Å². The third-order valence-corrected chi connectivity index (χ3v) is 7.78. The third-order valence-electron chi connectivity index (χ3n) is 6.48. The minimum atomic E-state index is -3.13. The zero-order chi connectivity index (χ0) is 20.6. The van der Waals surface area contributed by atoms with Crippen molar-refractivity contribution in [1.82, 2.24) is 9.21 Å². The first-order valence-corrected chi connectivity index (χ1v) is 12.3. The van der Waals surface area contributed by atoms with Crippen molar-refractivity contribution < 1.29 is 22.3 Å². The molecule has 3 saturated heterocycles. The number of ether oxygens (including phenoxy) is 1. The summed E-state index contributed by atoms with van der Waals surface area (Å²) in [6.07, 6.45) is 6.80. The summed E-state index contributed by atoms with van der Waals surface area (Å²) in [4.78, 5) is 14.9. The Kier molecular flexibility index (Phi) is 5.95. The van der Waals surface area contributed by atoms with Crippen molar-refractivity contribution in [2.45, 2.75) is 69.2 Å². The lowest BCUT2D eigenvalue weighted by molar-refractivity contribution is -0.139. The van der Waals surface area contributed by atoms with Crippen LogP contribution in [0.1, 0.15) is 44.1 Å². The van der Waals surface area contributed by atoms with E-state index < -0.39 is 10.0 Å². The number of carbonyl (C=O) groups is 1. The van der Waals surface area contributed by atoms with Gasteiger partial charge in [0, 0.05) is 25.2 Å². The van der Waals surface area contributed by atoms with E-state index in [1.165, 1.54) is 22.7 Å². The molecule has 2 bridgehead atoms. The minimum absolute atomic E-state index is 0.0722. The van der Waals surface area contributed by atoms with E-state index in [2.05, 4.69) is 0 Å². The Morgan fingerprint density at radius 2 is 1.76 bits per heavy atom. The molecule has 3 aliphatic heterocycles. The highest BCUT2D eigenvalue weighted by molar-refractivity contribution is 7.88. The first kappa shape index (κ1) is 20.8. The second kappa shape index (κ2) is 8.32. The number of rotatable bonds is 5. The molecule has 3 aliphatic rings. The number of hydrogen-bond donors (Lipinski definition) is 0. The lowest BCUT2D eigenvalue weighted by atomic mass is 9.97. The van der Waals surface area contributed by atoms with E-state index in [4.69, 9.17) is 4.74 Å². The first-order valence-electron chi connectivity index (χ1n) is 10.5. The molecule has 0 aromatic heterocycles. The van der Waals surface area contributed by atoms with Crippen LogP contribution in [0.4, 0.5) is 4.39 Å². The van der Waals surface area contributed by atoms with Crippen LogP contribution in [0.3, 0.4) is 0 Å². The van der Waals surface area contributed by atoms with Gasteiger partial charge in [0.25, 0.3) is 0 Å². The number of fused-ring (bicyclic) bond motifs is 2. The maximum Gasteiger partial charge on any atom is 0.227 e. The van der Waals surface area contributed by atoms with Gasteiger partial charge >= 0.3 is 0 Å². The van der Waals surface area contributed by atoms with Gasteiger partial charge in [-0.05, 0) is 56.2 Å². The number of carbonyl (C=O) groups excluding carboxylic acids is 1. The van der Waals surface area contributed by atoms with Crippen LogP contribution >= 0.6 is 0 Å². The van der Waals surface area contributed by atoms with Crippen molar-refractivity contribution in [2.75, 3.05) is 19.3 Å². The predicted molar refractivity (Wildman–Crippen MR) is 107 cm³/mol. The number of amides is 1. The van der Waals surface area contributed by atoms with Crippen molar-refractivity contribution in [3.63, 3.8) is 0 Å². The average molecular weight is 425 g/mol. The molecule has 0 aliphatic carbocycles. The number of hydrogen-bond acceptors (Lipinski definition) is 4. The smallest absolute Gasteiger partial charge is 0.227 e. The second-order valence-corrected chi connectivity index (χ2v) is 10.6. The summed E-state index contributed by atoms with van der Waals surface area (Å²) in [5, 5.41) is 0. The number of piperidine rings is 2. The monoisotopic (exact) mass is 424 g/mol. The van der Waals surface area contributed by atoms with Gasteiger partial charge in [0.1, 0.15) is 5.82 Å². The van der Waals surface area contributed by atoms with Crippen molar-refractivity contribution in [2.24, 2.45) is 0 Å². The maximum atomic E-state index is 13.4. The van der Waals surface area contributed by atoms with Crippen molar-refractivity contribution in [3.8, 4) is 0 Å². The lowest BCUT2D eigenvalue weighted by Crippen LogP contribution is -2.50. The molecule has 1 aromatic carbocycles. The van der Waals surface area contributed by atoms with Crippen molar-refractivity contribution >= 4 is 15.9 Å². The highest BCUT2D eigenvalue weighted by Gasteiger charge is 2.44. The Bertz CT molecular complexity index is 840. The zero-order valence-corrected chi connectivity index (χ0v) is 17.6. The van der Waals surface area contributed by atoms with Gasteiger partial charge in [-0.3, -0.25) is 4.79 Å². The molecule has 3 atom stereocenters. The summed E-state index contributed by atoms with van der Waals surface area (Å²) < 4.78 is 44.6. The molecule has 4 rings (SSSR count). The second-order valence-electron chi connectivity index (χ2n) is 8.58. The molecule has 3 fully saturated rings. The van der Waals surface area contributed by atoms with E-state index in [0.717, 1.165) is 38.5 Å². The van der Waals surface area contributed by atoms with Crippen LogP contribution in [-0.2, 0) is 26.0 Å². The summed E-state index contributed by atoms with van der Waals surface area (Å²) in [5.41, 5.74) is 0.713. The molecule has 0 radical (unpaired) electrons. The minimum Gasteiger partial charge on any atom is -0.375 e. The quantitative estimate of drug-likeness (QED) is 0.728. The van der Waals surface area contributed by atoms with Crippen LogP contribution in [0.15, 0.2) is 24.3 Å². The molecule has 29 heavy (non-hydrogen) atoms. The van der Waals surface area contributed by atoms with Gasteiger partial charge in [-0.1, -0.05) is 12.1 Å². The average Bonchev–Trinajstić information content (AvgIpc) is 2.92. The maximum absolute atomic E-state index is 13.4. The van der Waals surface area contributed by atoms with Gasteiger partial charge in [0.15, 0.2) is 0 Å². The number of nitrogens with zero attached hydrogens (tertiary/aromatic N) is 2. The highest BCUT2D eigenvalue weighted by atomic mass is 32.2. The van der Waals surface area contributed by atoms with Crippen LogP contribution in [-0.4, -0.2) is 67.2 Å². The van der Waals surface area contributed by atoms with Crippen LogP contribution < -0.4 is 0 Å². The molecule has 1 unspecified atom stereocenters. The van der Waals surface area contributed by atoms with Gasteiger partial charge in [0.05, 0.1) is 24.9 Å². The molecule has 1 amide bonds. The largest absolute Gasteiger partial charge is 0.375 e. The lowest BCUT2D eigenvalue weighted by Gasteiger charge is -2.41. The fourth-order valence-electron chi connectivity index (χ4n) is 5.13.